The third-order valence-corrected chi connectivity index (χ3v) is 5.16. The summed E-state index contributed by atoms with van der Waals surface area (Å²) < 4.78 is 51.2. The second-order valence-electron chi connectivity index (χ2n) is 5.99. The largest absolute Gasteiger partial charge is 0.291 e. The van der Waals surface area contributed by atoms with Crippen molar-refractivity contribution in [3.05, 3.63) is 76.9 Å². The summed E-state index contributed by atoms with van der Waals surface area (Å²) in [4.78, 5) is 2.11. The highest BCUT2D eigenvalue weighted by atomic mass is 32.2. The van der Waals surface area contributed by atoms with E-state index in [4.69, 9.17) is 0 Å². The van der Waals surface area contributed by atoms with E-state index in [1.54, 1.807) is 0 Å². The number of hydrogen-bond acceptors (Lipinski definition) is 3. The van der Waals surface area contributed by atoms with E-state index in [1.807, 2.05) is 30.3 Å². The lowest BCUT2D eigenvalue weighted by molar-refractivity contribution is 0.243. The molecule has 0 aliphatic carbocycles. The number of hydrogen-bond donors (Lipinski definition) is 0. The number of benzene rings is 2. The van der Waals surface area contributed by atoms with E-state index in [9.17, 15) is 17.2 Å². The van der Waals surface area contributed by atoms with Crippen molar-refractivity contribution < 1.29 is 17.2 Å². The molecule has 0 atom stereocenters. The smallest absolute Gasteiger partial charge is 0.176 e. The summed E-state index contributed by atoms with van der Waals surface area (Å²) in [6.07, 6.45) is 1.07. The fraction of sp³-hybridized carbons (Fsp3) is 0.222. The van der Waals surface area contributed by atoms with Crippen LogP contribution in [0.3, 0.4) is 0 Å². The molecule has 0 amide bonds. The first-order valence-corrected chi connectivity index (χ1v) is 9.37. The fourth-order valence-electron chi connectivity index (χ4n) is 2.96. The summed E-state index contributed by atoms with van der Waals surface area (Å²) in [6, 6.07) is 12.7. The second-order valence-corrected chi connectivity index (χ2v) is 7.95. The van der Waals surface area contributed by atoms with Crippen molar-refractivity contribution in [2.75, 3.05) is 19.3 Å². The second kappa shape index (κ2) is 6.45. The number of rotatable bonds is 4. The van der Waals surface area contributed by atoms with Crippen molar-refractivity contribution in [1.82, 2.24) is 4.90 Å². The van der Waals surface area contributed by atoms with Gasteiger partial charge in [0, 0.05) is 32.0 Å². The highest BCUT2D eigenvalue weighted by Gasteiger charge is 2.29. The maximum Gasteiger partial charge on any atom is 0.176 e. The van der Waals surface area contributed by atoms with E-state index in [0.29, 0.717) is 25.2 Å². The van der Waals surface area contributed by atoms with E-state index in [0.717, 1.165) is 30.0 Å². The Morgan fingerprint density at radius 1 is 1.04 bits per heavy atom. The maximum absolute atomic E-state index is 13.5. The summed E-state index contributed by atoms with van der Waals surface area (Å²) >= 11 is 0. The standard InChI is InChI=1S/C18H17F2NO2S/c1-24(22,23)18(14-7-16(19)9-17(20)8-14)15-11-21(12-15)10-13-5-3-2-4-6-13/h2-9H,10-12H2,1H3. The minimum Gasteiger partial charge on any atom is -0.291 e. The minimum absolute atomic E-state index is 0.0326. The molecule has 1 saturated heterocycles. The lowest BCUT2D eigenvalue weighted by Crippen LogP contribution is -2.40. The Labute approximate surface area is 140 Å². The topological polar surface area (TPSA) is 37.4 Å². The molecule has 24 heavy (non-hydrogen) atoms. The van der Waals surface area contributed by atoms with Crippen LogP contribution in [0.4, 0.5) is 8.78 Å². The van der Waals surface area contributed by atoms with Crippen LogP contribution in [0.25, 0.3) is 4.91 Å². The summed E-state index contributed by atoms with van der Waals surface area (Å²) in [6.45, 7) is 1.64. The zero-order chi connectivity index (χ0) is 17.3. The average Bonchev–Trinajstić information content (AvgIpc) is 2.43. The molecule has 0 N–H and O–H groups in total. The molecule has 1 fully saturated rings. The monoisotopic (exact) mass is 349 g/mol. The van der Waals surface area contributed by atoms with Crippen LogP contribution in [0.15, 0.2) is 54.1 Å². The quantitative estimate of drug-likeness (QED) is 0.850. The van der Waals surface area contributed by atoms with Crippen molar-refractivity contribution in [2.45, 2.75) is 6.54 Å². The lowest BCUT2D eigenvalue weighted by Gasteiger charge is -2.35. The Bertz CT molecular complexity index is 864. The molecule has 1 aliphatic heterocycles. The molecule has 0 bridgehead atoms. The Hall–Kier alpha value is -2.05. The molecule has 0 spiro atoms. The van der Waals surface area contributed by atoms with E-state index in [1.165, 1.54) is 0 Å². The van der Waals surface area contributed by atoms with Crippen molar-refractivity contribution >= 4 is 14.7 Å². The first kappa shape index (κ1) is 16.8. The third kappa shape index (κ3) is 3.71. The van der Waals surface area contributed by atoms with Gasteiger partial charge in [0.05, 0.1) is 4.91 Å². The van der Waals surface area contributed by atoms with Gasteiger partial charge in [-0.05, 0) is 28.8 Å². The average molecular weight is 349 g/mol. The molecular weight excluding hydrogens is 332 g/mol. The van der Waals surface area contributed by atoms with Crippen LogP contribution in [0.2, 0.25) is 0 Å². The third-order valence-electron chi connectivity index (χ3n) is 3.89. The molecule has 3 rings (SSSR count). The van der Waals surface area contributed by atoms with Gasteiger partial charge < -0.3 is 0 Å². The summed E-state index contributed by atoms with van der Waals surface area (Å²) in [7, 11) is -3.59. The highest BCUT2D eigenvalue weighted by Crippen LogP contribution is 2.31. The van der Waals surface area contributed by atoms with Crippen molar-refractivity contribution in [1.29, 1.82) is 0 Å². The summed E-state index contributed by atoms with van der Waals surface area (Å²) in [5.41, 5.74) is 1.89. The van der Waals surface area contributed by atoms with Gasteiger partial charge in [0.15, 0.2) is 9.84 Å². The van der Waals surface area contributed by atoms with Crippen LogP contribution in [0, 0.1) is 11.6 Å². The van der Waals surface area contributed by atoms with E-state index in [2.05, 4.69) is 4.90 Å². The Morgan fingerprint density at radius 3 is 2.17 bits per heavy atom. The minimum atomic E-state index is -3.59. The molecule has 2 aromatic rings. The van der Waals surface area contributed by atoms with Gasteiger partial charge >= 0.3 is 0 Å². The van der Waals surface area contributed by atoms with E-state index in [-0.39, 0.29) is 10.5 Å². The zero-order valence-corrected chi connectivity index (χ0v) is 14.0. The van der Waals surface area contributed by atoms with Crippen LogP contribution < -0.4 is 0 Å². The van der Waals surface area contributed by atoms with Crippen molar-refractivity contribution in [2.24, 2.45) is 0 Å². The molecule has 2 aromatic carbocycles. The van der Waals surface area contributed by atoms with Gasteiger partial charge in [-0.25, -0.2) is 17.2 Å². The highest BCUT2D eigenvalue weighted by molar-refractivity contribution is 8.00. The van der Waals surface area contributed by atoms with Gasteiger partial charge in [0.2, 0.25) is 0 Å². The van der Waals surface area contributed by atoms with E-state index >= 15 is 0 Å². The normalized spacial score (nSPS) is 15.2. The van der Waals surface area contributed by atoms with Gasteiger partial charge in [0.1, 0.15) is 11.6 Å². The molecule has 0 saturated carbocycles. The molecule has 0 aromatic heterocycles. The van der Waals surface area contributed by atoms with Crippen LogP contribution >= 0.6 is 0 Å². The predicted octanol–water partition coefficient (Wildman–Crippen LogP) is 3.24. The van der Waals surface area contributed by atoms with Crippen molar-refractivity contribution in [3.63, 3.8) is 0 Å². The molecule has 0 radical (unpaired) electrons. The van der Waals surface area contributed by atoms with Gasteiger partial charge in [0.25, 0.3) is 0 Å². The predicted molar refractivity (Wildman–Crippen MR) is 89.8 cm³/mol. The molecule has 126 valence electrons. The molecule has 6 heteroatoms. The molecule has 3 nitrogen and oxygen atoms in total. The maximum atomic E-state index is 13.5. The first-order valence-electron chi connectivity index (χ1n) is 7.48. The SMILES string of the molecule is CS(=O)(=O)C(=C1CN(Cc2ccccc2)C1)c1cc(F)cc(F)c1. The van der Waals surface area contributed by atoms with Crippen LogP contribution in [0.5, 0.6) is 0 Å². The zero-order valence-electron chi connectivity index (χ0n) is 13.2. The Balaban J connectivity index is 1.87. The van der Waals surface area contributed by atoms with Gasteiger partial charge in [-0.2, -0.15) is 0 Å². The van der Waals surface area contributed by atoms with Gasteiger partial charge in [-0.15, -0.1) is 0 Å². The molecule has 0 unspecified atom stereocenters. The van der Waals surface area contributed by atoms with Crippen LogP contribution in [-0.2, 0) is 16.4 Å². The summed E-state index contributed by atoms with van der Waals surface area (Å²) in [5.74, 6) is -1.57. The van der Waals surface area contributed by atoms with E-state index < -0.39 is 21.5 Å². The van der Waals surface area contributed by atoms with Gasteiger partial charge in [-0.1, -0.05) is 30.3 Å². The number of nitrogens with zero attached hydrogens (tertiary/aromatic N) is 1. The Morgan fingerprint density at radius 2 is 1.62 bits per heavy atom. The van der Waals surface area contributed by atoms with Crippen LogP contribution in [0.1, 0.15) is 11.1 Å². The Kier molecular flexibility index (Phi) is 4.51. The van der Waals surface area contributed by atoms with Gasteiger partial charge in [-0.3, -0.25) is 4.90 Å². The summed E-state index contributed by atoms with van der Waals surface area (Å²) in [5, 5.41) is 0. The number of sulfone groups is 1. The molecular formula is C18H17F2NO2S. The number of halogens is 2. The molecule has 1 aliphatic rings. The fourth-order valence-corrected chi connectivity index (χ4v) is 4.16. The van der Waals surface area contributed by atoms with Crippen molar-refractivity contribution in [3.8, 4) is 0 Å². The lowest BCUT2D eigenvalue weighted by atomic mass is 10.0. The number of likely N-dealkylation sites (tertiary alicyclic amines) is 1. The first-order chi connectivity index (χ1) is 11.3. The van der Waals surface area contributed by atoms with Crippen LogP contribution in [-0.4, -0.2) is 32.7 Å². The molecule has 1 heterocycles.